The summed E-state index contributed by atoms with van der Waals surface area (Å²) in [4.78, 5) is 11.4. The topological polar surface area (TPSA) is 58.7 Å². The number of nitrogens with two attached hydrogens (primary N) is 1. The molecule has 1 aliphatic heterocycles. The van der Waals surface area contributed by atoms with E-state index in [0.29, 0.717) is 6.54 Å². The van der Waals surface area contributed by atoms with Gasteiger partial charge in [0.2, 0.25) is 0 Å². The van der Waals surface area contributed by atoms with E-state index in [2.05, 4.69) is 5.10 Å². The quantitative estimate of drug-likeness (QED) is 0.655. The summed E-state index contributed by atoms with van der Waals surface area (Å²) in [5.41, 5.74) is 6.37. The maximum Gasteiger partial charge on any atom is 0.251 e. The van der Waals surface area contributed by atoms with Gasteiger partial charge in [0.1, 0.15) is 0 Å². The fourth-order valence-electron chi connectivity index (χ4n) is 1.45. The Morgan fingerprint density at radius 2 is 2.33 bits per heavy atom. The van der Waals surface area contributed by atoms with E-state index in [1.54, 1.807) is 7.05 Å². The van der Waals surface area contributed by atoms with Gasteiger partial charge in [-0.25, -0.2) is 5.01 Å². The predicted octanol–water partition coefficient (Wildman–Crippen LogP) is 0.189. The largest absolute Gasteiger partial charge is 0.330 e. The Hall–Kier alpha value is -0.900. The van der Waals surface area contributed by atoms with Gasteiger partial charge >= 0.3 is 0 Å². The number of hydrazone groups is 1. The average molecular weight is 169 g/mol. The molecule has 0 bridgehead atoms. The van der Waals surface area contributed by atoms with E-state index < -0.39 is 0 Å². The summed E-state index contributed by atoms with van der Waals surface area (Å²) >= 11 is 0. The molecule has 1 heterocycles. The highest BCUT2D eigenvalue weighted by atomic mass is 16.2. The van der Waals surface area contributed by atoms with Gasteiger partial charge in [0.05, 0.1) is 11.6 Å². The third kappa shape index (κ3) is 1.48. The summed E-state index contributed by atoms with van der Waals surface area (Å²) < 4.78 is 0. The zero-order valence-electron chi connectivity index (χ0n) is 7.58. The van der Waals surface area contributed by atoms with E-state index >= 15 is 0 Å². The van der Waals surface area contributed by atoms with E-state index in [1.807, 2.05) is 6.92 Å². The van der Waals surface area contributed by atoms with Gasteiger partial charge in [-0.2, -0.15) is 5.10 Å². The van der Waals surface area contributed by atoms with Crippen molar-refractivity contribution >= 4 is 11.6 Å². The standard InChI is InChI=1S/C8H15N3O/c1-3-7-6(4-5-9)8(12)11(2)10-7/h6H,3-5,9H2,1-2H3. The maximum absolute atomic E-state index is 11.4. The average Bonchev–Trinajstić information content (AvgIpc) is 2.33. The van der Waals surface area contributed by atoms with Crippen LogP contribution in [0.5, 0.6) is 0 Å². The number of amides is 1. The highest BCUT2D eigenvalue weighted by molar-refractivity contribution is 6.07. The summed E-state index contributed by atoms with van der Waals surface area (Å²) in [6, 6.07) is 0. The molecule has 0 aromatic rings. The molecule has 1 atom stereocenters. The van der Waals surface area contributed by atoms with Crippen LogP contribution in [0.25, 0.3) is 0 Å². The van der Waals surface area contributed by atoms with Crippen molar-refractivity contribution in [3.8, 4) is 0 Å². The van der Waals surface area contributed by atoms with Crippen LogP contribution in [-0.4, -0.2) is 30.2 Å². The van der Waals surface area contributed by atoms with Crippen LogP contribution in [0.4, 0.5) is 0 Å². The molecular weight excluding hydrogens is 154 g/mol. The lowest BCUT2D eigenvalue weighted by molar-refractivity contribution is -0.130. The van der Waals surface area contributed by atoms with Gasteiger partial charge in [-0.1, -0.05) is 6.92 Å². The van der Waals surface area contributed by atoms with Crippen LogP contribution in [0.1, 0.15) is 19.8 Å². The van der Waals surface area contributed by atoms with Crippen LogP contribution < -0.4 is 5.73 Å². The molecule has 68 valence electrons. The number of hydrogen-bond acceptors (Lipinski definition) is 3. The van der Waals surface area contributed by atoms with Gasteiger partial charge < -0.3 is 5.73 Å². The van der Waals surface area contributed by atoms with Gasteiger partial charge in [0.15, 0.2) is 0 Å². The molecule has 4 nitrogen and oxygen atoms in total. The zero-order valence-corrected chi connectivity index (χ0v) is 7.58. The van der Waals surface area contributed by atoms with E-state index in [-0.39, 0.29) is 11.8 Å². The lowest BCUT2D eigenvalue weighted by atomic mass is 9.98. The SMILES string of the molecule is CCC1=NN(C)C(=O)C1CCN. The zero-order chi connectivity index (χ0) is 9.14. The van der Waals surface area contributed by atoms with Crippen LogP contribution in [0, 0.1) is 5.92 Å². The number of rotatable bonds is 3. The Morgan fingerprint density at radius 1 is 1.67 bits per heavy atom. The summed E-state index contributed by atoms with van der Waals surface area (Å²) in [6.45, 7) is 2.55. The van der Waals surface area contributed by atoms with Crippen molar-refractivity contribution in [3.05, 3.63) is 0 Å². The van der Waals surface area contributed by atoms with Gasteiger partial charge in [-0.15, -0.1) is 0 Å². The Balaban J connectivity index is 2.71. The first kappa shape index (κ1) is 9.19. The molecule has 0 radical (unpaired) electrons. The summed E-state index contributed by atoms with van der Waals surface area (Å²) in [5.74, 6) is 0.0299. The van der Waals surface area contributed by atoms with E-state index in [4.69, 9.17) is 5.73 Å². The lowest BCUT2D eigenvalue weighted by Crippen LogP contribution is -2.26. The van der Waals surface area contributed by atoms with Crippen molar-refractivity contribution in [2.45, 2.75) is 19.8 Å². The van der Waals surface area contributed by atoms with Gasteiger partial charge in [0, 0.05) is 7.05 Å². The molecule has 2 N–H and O–H groups in total. The number of nitrogens with zero attached hydrogens (tertiary/aromatic N) is 2. The third-order valence-electron chi connectivity index (χ3n) is 2.12. The van der Waals surface area contributed by atoms with Gasteiger partial charge in [0.25, 0.3) is 5.91 Å². The fourth-order valence-corrected chi connectivity index (χ4v) is 1.45. The van der Waals surface area contributed by atoms with Crippen molar-refractivity contribution in [1.82, 2.24) is 5.01 Å². The summed E-state index contributed by atoms with van der Waals surface area (Å²) in [6.07, 6.45) is 1.55. The molecule has 1 aliphatic rings. The normalized spacial score (nSPS) is 23.2. The Kier molecular flexibility index (Phi) is 2.81. The van der Waals surface area contributed by atoms with Crippen LogP contribution in [0.15, 0.2) is 5.10 Å². The smallest absolute Gasteiger partial charge is 0.251 e. The Bertz CT molecular complexity index is 212. The first-order valence-corrected chi connectivity index (χ1v) is 4.25. The molecule has 0 aromatic heterocycles. The van der Waals surface area contributed by atoms with Crippen LogP contribution in [0.2, 0.25) is 0 Å². The van der Waals surface area contributed by atoms with Crippen molar-refractivity contribution in [2.24, 2.45) is 16.8 Å². The highest BCUT2D eigenvalue weighted by Crippen LogP contribution is 2.18. The number of carbonyl (C=O) groups excluding carboxylic acids is 1. The molecule has 0 aliphatic carbocycles. The second-order valence-corrected chi connectivity index (χ2v) is 2.94. The highest BCUT2D eigenvalue weighted by Gasteiger charge is 2.31. The molecule has 4 heteroatoms. The monoisotopic (exact) mass is 169 g/mol. The van der Waals surface area contributed by atoms with Crippen LogP contribution in [0.3, 0.4) is 0 Å². The van der Waals surface area contributed by atoms with Gasteiger partial charge in [-0.3, -0.25) is 4.79 Å². The molecular formula is C8H15N3O. The molecule has 12 heavy (non-hydrogen) atoms. The Labute approximate surface area is 72.4 Å². The van der Waals surface area contributed by atoms with Crippen molar-refractivity contribution < 1.29 is 4.79 Å². The van der Waals surface area contributed by atoms with Crippen molar-refractivity contribution in [3.63, 3.8) is 0 Å². The minimum Gasteiger partial charge on any atom is -0.330 e. The Morgan fingerprint density at radius 3 is 2.83 bits per heavy atom. The lowest BCUT2D eigenvalue weighted by Gasteiger charge is -2.08. The molecule has 0 saturated carbocycles. The maximum atomic E-state index is 11.4. The van der Waals surface area contributed by atoms with E-state index in [9.17, 15) is 4.79 Å². The van der Waals surface area contributed by atoms with Crippen molar-refractivity contribution in [2.75, 3.05) is 13.6 Å². The van der Waals surface area contributed by atoms with Crippen LogP contribution >= 0.6 is 0 Å². The second-order valence-electron chi connectivity index (χ2n) is 2.94. The number of carbonyl (C=O) groups is 1. The molecule has 0 fully saturated rings. The van der Waals surface area contributed by atoms with Crippen molar-refractivity contribution in [1.29, 1.82) is 0 Å². The third-order valence-corrected chi connectivity index (χ3v) is 2.12. The minimum absolute atomic E-state index is 0.0509. The first-order valence-electron chi connectivity index (χ1n) is 4.25. The van der Waals surface area contributed by atoms with E-state index in [1.165, 1.54) is 5.01 Å². The molecule has 0 saturated heterocycles. The summed E-state index contributed by atoms with van der Waals surface area (Å²) in [7, 11) is 1.69. The predicted molar refractivity (Wildman–Crippen MR) is 47.7 cm³/mol. The molecule has 1 rings (SSSR count). The minimum atomic E-state index is -0.0509. The molecule has 1 unspecified atom stereocenters. The molecule has 0 spiro atoms. The fraction of sp³-hybridized carbons (Fsp3) is 0.750. The van der Waals surface area contributed by atoms with Gasteiger partial charge in [-0.05, 0) is 19.4 Å². The van der Waals surface area contributed by atoms with E-state index in [0.717, 1.165) is 18.6 Å². The molecule has 1 amide bonds. The second kappa shape index (κ2) is 3.67. The summed E-state index contributed by atoms with van der Waals surface area (Å²) in [5, 5.41) is 5.55. The number of hydrogen-bond donors (Lipinski definition) is 1. The van der Waals surface area contributed by atoms with Crippen LogP contribution in [-0.2, 0) is 4.79 Å². The molecule has 0 aromatic carbocycles. The first-order chi connectivity index (χ1) is 5.70.